The fourth-order valence-corrected chi connectivity index (χ4v) is 1.91. The Kier molecular flexibility index (Phi) is 2.36. The van der Waals surface area contributed by atoms with Crippen molar-refractivity contribution < 1.29 is 18.3 Å². The maximum atomic E-state index is 10.7. The quantitative estimate of drug-likeness (QED) is 0.564. The zero-order valence-corrected chi connectivity index (χ0v) is 7.12. The molecule has 0 spiro atoms. The van der Waals surface area contributed by atoms with Crippen LogP contribution < -0.4 is 5.14 Å². The predicted molar refractivity (Wildman–Crippen MR) is 40.4 cm³/mol. The summed E-state index contributed by atoms with van der Waals surface area (Å²) in [4.78, 5) is 10.4. The van der Waals surface area contributed by atoms with Gasteiger partial charge < -0.3 is 5.11 Å². The van der Waals surface area contributed by atoms with Crippen molar-refractivity contribution in [1.82, 2.24) is 4.31 Å². The molecule has 1 atom stereocenters. The van der Waals surface area contributed by atoms with E-state index in [-0.39, 0.29) is 13.1 Å². The summed E-state index contributed by atoms with van der Waals surface area (Å²) in [5, 5.41) is 13.3. The zero-order chi connectivity index (χ0) is 9.35. The number of carboxylic acids is 1. The highest BCUT2D eigenvalue weighted by Crippen LogP contribution is 2.17. The molecule has 1 aliphatic heterocycles. The highest BCUT2D eigenvalue weighted by Gasteiger charge is 2.32. The van der Waals surface area contributed by atoms with Gasteiger partial charge in [0.1, 0.15) is 0 Å². The highest BCUT2D eigenvalue weighted by molar-refractivity contribution is 7.86. The molecule has 7 heteroatoms. The summed E-state index contributed by atoms with van der Waals surface area (Å²) >= 11 is 0. The molecule has 1 heterocycles. The summed E-state index contributed by atoms with van der Waals surface area (Å²) in [5.41, 5.74) is 0. The Morgan fingerprint density at radius 3 is 2.42 bits per heavy atom. The number of hydrogen-bond donors (Lipinski definition) is 2. The Balaban J connectivity index is 2.64. The van der Waals surface area contributed by atoms with E-state index in [2.05, 4.69) is 0 Å². The lowest BCUT2D eigenvalue weighted by atomic mass is 10.1. The molecule has 0 bridgehead atoms. The topological polar surface area (TPSA) is 101 Å². The molecule has 6 nitrogen and oxygen atoms in total. The Bertz CT molecular complexity index is 286. The molecule has 1 fully saturated rings. The number of carbonyl (C=O) groups is 1. The van der Waals surface area contributed by atoms with Gasteiger partial charge in [-0.25, -0.2) is 5.14 Å². The van der Waals surface area contributed by atoms with Crippen molar-refractivity contribution in [3.63, 3.8) is 0 Å². The second kappa shape index (κ2) is 3.00. The van der Waals surface area contributed by atoms with Gasteiger partial charge in [-0.05, 0) is 6.42 Å². The number of nitrogens with two attached hydrogens (primary N) is 1. The van der Waals surface area contributed by atoms with E-state index in [0.717, 1.165) is 4.31 Å². The van der Waals surface area contributed by atoms with Crippen molar-refractivity contribution in [1.29, 1.82) is 0 Å². The summed E-state index contributed by atoms with van der Waals surface area (Å²) in [7, 11) is -3.70. The third kappa shape index (κ3) is 1.93. The van der Waals surface area contributed by atoms with Gasteiger partial charge in [0, 0.05) is 13.1 Å². The van der Waals surface area contributed by atoms with Crippen LogP contribution in [0.1, 0.15) is 6.42 Å². The van der Waals surface area contributed by atoms with Gasteiger partial charge in [0.05, 0.1) is 5.92 Å². The van der Waals surface area contributed by atoms with Crippen LogP contribution in [0.25, 0.3) is 0 Å². The van der Waals surface area contributed by atoms with Crippen LogP contribution in [-0.4, -0.2) is 36.9 Å². The van der Waals surface area contributed by atoms with E-state index in [0.29, 0.717) is 6.42 Å². The molecular weight excluding hydrogens is 184 g/mol. The van der Waals surface area contributed by atoms with Crippen molar-refractivity contribution in [2.45, 2.75) is 6.42 Å². The summed E-state index contributed by atoms with van der Waals surface area (Å²) in [5.74, 6) is -1.58. The van der Waals surface area contributed by atoms with E-state index in [9.17, 15) is 13.2 Å². The third-order valence-electron chi connectivity index (χ3n) is 1.86. The van der Waals surface area contributed by atoms with Crippen molar-refractivity contribution in [3.05, 3.63) is 0 Å². The SMILES string of the molecule is NS(=O)(=O)N1CCC(C(=O)O)C1. The minimum Gasteiger partial charge on any atom is -0.481 e. The average Bonchev–Trinajstić information content (AvgIpc) is 2.30. The molecule has 1 aliphatic rings. The molecule has 1 saturated heterocycles. The molecule has 70 valence electrons. The molecule has 0 aromatic rings. The highest BCUT2D eigenvalue weighted by atomic mass is 32.2. The second-order valence-electron chi connectivity index (χ2n) is 2.73. The Morgan fingerprint density at radius 2 is 2.17 bits per heavy atom. The van der Waals surface area contributed by atoms with E-state index in [4.69, 9.17) is 10.2 Å². The minimum absolute atomic E-state index is 0.00579. The van der Waals surface area contributed by atoms with Gasteiger partial charge in [0.2, 0.25) is 0 Å². The van der Waals surface area contributed by atoms with E-state index in [1.54, 1.807) is 0 Å². The predicted octanol–water partition coefficient (Wildman–Crippen LogP) is -1.40. The van der Waals surface area contributed by atoms with E-state index < -0.39 is 22.1 Å². The van der Waals surface area contributed by atoms with Crippen LogP contribution in [0, 0.1) is 5.92 Å². The normalized spacial score (nSPS) is 25.9. The van der Waals surface area contributed by atoms with E-state index >= 15 is 0 Å². The lowest BCUT2D eigenvalue weighted by Crippen LogP contribution is -2.35. The summed E-state index contributed by atoms with van der Waals surface area (Å²) in [6.07, 6.45) is 0.339. The van der Waals surface area contributed by atoms with Crippen LogP contribution in [0.2, 0.25) is 0 Å². The van der Waals surface area contributed by atoms with Gasteiger partial charge in [-0.1, -0.05) is 0 Å². The summed E-state index contributed by atoms with van der Waals surface area (Å²) < 4.78 is 22.4. The van der Waals surface area contributed by atoms with Crippen LogP contribution in [0.4, 0.5) is 0 Å². The largest absolute Gasteiger partial charge is 0.481 e. The van der Waals surface area contributed by atoms with E-state index in [1.807, 2.05) is 0 Å². The molecule has 0 aromatic carbocycles. The number of rotatable bonds is 2. The third-order valence-corrected chi connectivity index (χ3v) is 2.91. The lowest BCUT2D eigenvalue weighted by molar-refractivity contribution is -0.141. The molecule has 1 unspecified atom stereocenters. The number of aliphatic carboxylic acids is 1. The molecular formula is C5H10N2O4S. The molecule has 0 radical (unpaired) electrons. The Morgan fingerprint density at radius 1 is 1.58 bits per heavy atom. The smallest absolute Gasteiger partial charge is 0.307 e. The van der Waals surface area contributed by atoms with Crippen LogP contribution in [0.5, 0.6) is 0 Å². The maximum absolute atomic E-state index is 10.7. The van der Waals surface area contributed by atoms with Crippen LogP contribution >= 0.6 is 0 Å². The van der Waals surface area contributed by atoms with Crippen LogP contribution in [-0.2, 0) is 15.0 Å². The molecule has 0 saturated carbocycles. The summed E-state index contributed by atoms with van der Waals surface area (Å²) in [6.45, 7) is 0.198. The van der Waals surface area contributed by atoms with Gasteiger partial charge in [-0.15, -0.1) is 0 Å². The first-order valence-electron chi connectivity index (χ1n) is 3.42. The zero-order valence-electron chi connectivity index (χ0n) is 6.30. The number of nitrogens with zero attached hydrogens (tertiary/aromatic N) is 1. The first-order chi connectivity index (χ1) is 5.41. The molecule has 0 aliphatic carbocycles. The molecule has 3 N–H and O–H groups in total. The lowest BCUT2D eigenvalue weighted by Gasteiger charge is -2.10. The fourth-order valence-electron chi connectivity index (χ4n) is 1.16. The average molecular weight is 194 g/mol. The summed E-state index contributed by atoms with van der Waals surface area (Å²) in [6, 6.07) is 0. The van der Waals surface area contributed by atoms with Crippen LogP contribution in [0.15, 0.2) is 0 Å². The number of hydrogen-bond acceptors (Lipinski definition) is 3. The molecule has 1 rings (SSSR count). The monoisotopic (exact) mass is 194 g/mol. The Labute approximate surface area is 70.1 Å². The van der Waals surface area contributed by atoms with Crippen LogP contribution in [0.3, 0.4) is 0 Å². The fraction of sp³-hybridized carbons (Fsp3) is 0.800. The first-order valence-corrected chi connectivity index (χ1v) is 4.92. The van der Waals surface area contributed by atoms with Gasteiger partial charge >= 0.3 is 5.97 Å². The van der Waals surface area contributed by atoms with Crippen molar-refractivity contribution in [3.8, 4) is 0 Å². The maximum Gasteiger partial charge on any atom is 0.307 e. The number of carboxylic acid groups (broad SMARTS) is 1. The van der Waals surface area contributed by atoms with Gasteiger partial charge in [-0.3, -0.25) is 4.79 Å². The van der Waals surface area contributed by atoms with Crippen molar-refractivity contribution >= 4 is 16.2 Å². The molecule has 0 aromatic heterocycles. The van der Waals surface area contributed by atoms with Gasteiger partial charge in [0.25, 0.3) is 10.2 Å². The van der Waals surface area contributed by atoms with Gasteiger partial charge in [-0.2, -0.15) is 12.7 Å². The van der Waals surface area contributed by atoms with Crippen molar-refractivity contribution in [2.75, 3.05) is 13.1 Å². The standard InChI is InChI=1S/C5H10N2O4S/c6-12(10,11)7-2-1-4(3-7)5(8)9/h4H,1-3H2,(H,8,9)(H2,6,10,11). The molecule has 0 amide bonds. The Hall–Kier alpha value is -0.660. The molecule has 12 heavy (non-hydrogen) atoms. The second-order valence-corrected chi connectivity index (χ2v) is 4.27. The van der Waals surface area contributed by atoms with E-state index in [1.165, 1.54) is 0 Å². The minimum atomic E-state index is -3.70. The first kappa shape index (κ1) is 9.43. The van der Waals surface area contributed by atoms with Crippen molar-refractivity contribution in [2.24, 2.45) is 11.1 Å². The van der Waals surface area contributed by atoms with Gasteiger partial charge in [0.15, 0.2) is 0 Å².